The van der Waals surface area contributed by atoms with E-state index in [-0.39, 0.29) is 11.9 Å². The molecule has 24 heavy (non-hydrogen) atoms. The summed E-state index contributed by atoms with van der Waals surface area (Å²) in [6.07, 6.45) is 6.32. The van der Waals surface area contributed by atoms with Crippen LogP contribution in [0.3, 0.4) is 0 Å². The van der Waals surface area contributed by atoms with Crippen LogP contribution < -0.4 is 0 Å². The summed E-state index contributed by atoms with van der Waals surface area (Å²) in [7, 11) is 0. The maximum absolute atomic E-state index is 12.3. The highest BCUT2D eigenvalue weighted by Crippen LogP contribution is 2.29. The van der Waals surface area contributed by atoms with Crippen LogP contribution in [0.1, 0.15) is 42.0 Å². The first-order chi connectivity index (χ1) is 11.7. The Morgan fingerprint density at radius 2 is 2.21 bits per heavy atom. The van der Waals surface area contributed by atoms with E-state index >= 15 is 0 Å². The zero-order valence-electron chi connectivity index (χ0n) is 13.8. The Morgan fingerprint density at radius 3 is 2.92 bits per heavy atom. The van der Waals surface area contributed by atoms with Gasteiger partial charge in [0.1, 0.15) is 11.4 Å². The van der Waals surface area contributed by atoms with Gasteiger partial charge in [-0.3, -0.25) is 9.48 Å². The molecule has 4 rings (SSSR count). The van der Waals surface area contributed by atoms with E-state index < -0.39 is 0 Å². The Bertz CT molecular complexity index is 714. The zero-order chi connectivity index (χ0) is 16.5. The van der Waals surface area contributed by atoms with Gasteiger partial charge in [0.25, 0.3) is 5.91 Å². The summed E-state index contributed by atoms with van der Waals surface area (Å²) in [6.45, 7) is 5.38. The number of ether oxygens (including phenoxy) is 1. The molecule has 2 aliphatic rings. The number of aryl methyl sites for hydroxylation is 1. The van der Waals surface area contributed by atoms with Crippen molar-refractivity contribution in [2.75, 3.05) is 19.7 Å². The quantitative estimate of drug-likeness (QED) is 0.760. The van der Waals surface area contributed by atoms with Crippen molar-refractivity contribution in [2.24, 2.45) is 5.92 Å². The van der Waals surface area contributed by atoms with Gasteiger partial charge >= 0.3 is 0 Å². The first-order valence-electron chi connectivity index (χ1n) is 8.54. The molecule has 1 aliphatic heterocycles. The number of hydrogen-bond acceptors (Lipinski definition) is 5. The first-order valence-corrected chi connectivity index (χ1v) is 8.54. The number of nitrogens with zero attached hydrogens (tertiary/aromatic N) is 6. The molecule has 0 radical (unpaired) electrons. The van der Waals surface area contributed by atoms with Crippen LogP contribution in [0.4, 0.5) is 0 Å². The van der Waals surface area contributed by atoms with Gasteiger partial charge in [-0.2, -0.15) is 5.10 Å². The van der Waals surface area contributed by atoms with Crippen LogP contribution in [0.15, 0.2) is 18.5 Å². The zero-order valence-corrected chi connectivity index (χ0v) is 13.8. The van der Waals surface area contributed by atoms with Gasteiger partial charge in [0, 0.05) is 32.4 Å². The molecule has 2 fully saturated rings. The molecule has 0 aromatic carbocycles. The van der Waals surface area contributed by atoms with E-state index in [2.05, 4.69) is 15.4 Å². The Balaban J connectivity index is 1.27. The monoisotopic (exact) mass is 330 g/mol. The van der Waals surface area contributed by atoms with Crippen LogP contribution in [-0.4, -0.2) is 55.3 Å². The molecule has 2 aromatic rings. The van der Waals surface area contributed by atoms with Gasteiger partial charge in [0.2, 0.25) is 0 Å². The van der Waals surface area contributed by atoms with E-state index in [1.807, 2.05) is 24.0 Å². The van der Waals surface area contributed by atoms with Crippen LogP contribution in [-0.2, 0) is 17.9 Å². The van der Waals surface area contributed by atoms with Gasteiger partial charge in [-0.1, -0.05) is 5.21 Å². The summed E-state index contributed by atoms with van der Waals surface area (Å²) >= 11 is 0. The number of carbonyl (C=O) groups is 1. The number of amides is 1. The lowest BCUT2D eigenvalue weighted by Crippen LogP contribution is -2.51. The van der Waals surface area contributed by atoms with Crippen molar-refractivity contribution < 1.29 is 9.53 Å². The van der Waals surface area contributed by atoms with E-state index in [1.54, 1.807) is 15.6 Å². The second-order valence-electron chi connectivity index (χ2n) is 6.57. The average Bonchev–Trinajstić information content (AvgIpc) is 3.06. The Kier molecular flexibility index (Phi) is 4.05. The summed E-state index contributed by atoms with van der Waals surface area (Å²) in [5.74, 6) is 0.731. The van der Waals surface area contributed by atoms with Crippen LogP contribution in [0.2, 0.25) is 0 Å². The number of hydrogen-bond donors (Lipinski definition) is 0. The topological polar surface area (TPSA) is 78.1 Å². The predicted octanol–water partition coefficient (Wildman–Crippen LogP) is 1.12. The van der Waals surface area contributed by atoms with E-state index in [4.69, 9.17) is 4.74 Å². The smallest absolute Gasteiger partial charge is 0.274 e. The van der Waals surface area contributed by atoms with Gasteiger partial charge in [0.15, 0.2) is 0 Å². The van der Waals surface area contributed by atoms with Crippen molar-refractivity contribution in [3.8, 4) is 0 Å². The van der Waals surface area contributed by atoms with Crippen molar-refractivity contribution in [1.82, 2.24) is 29.7 Å². The van der Waals surface area contributed by atoms with E-state index in [1.165, 1.54) is 12.8 Å². The highest BCUT2D eigenvalue weighted by atomic mass is 16.5. The molecular formula is C16H22N6O2. The third kappa shape index (κ3) is 3.19. The third-order valence-electron chi connectivity index (χ3n) is 4.57. The number of carbonyl (C=O) groups excluding carboxylic acids is 1. The molecule has 128 valence electrons. The first kappa shape index (κ1) is 15.3. The summed E-state index contributed by atoms with van der Waals surface area (Å²) in [5.41, 5.74) is 1.35. The van der Waals surface area contributed by atoms with Gasteiger partial charge < -0.3 is 9.64 Å². The van der Waals surface area contributed by atoms with Crippen LogP contribution >= 0.6 is 0 Å². The lowest BCUT2D eigenvalue weighted by atomic mass is 10.1. The molecule has 1 saturated carbocycles. The fourth-order valence-corrected chi connectivity index (χ4v) is 2.77. The Hall–Kier alpha value is -2.22. The molecule has 0 unspecified atom stereocenters. The molecule has 2 aromatic heterocycles. The lowest BCUT2D eigenvalue weighted by molar-refractivity contribution is 0.0491. The molecular weight excluding hydrogens is 308 g/mol. The molecule has 0 N–H and O–H groups in total. The fraction of sp³-hybridized carbons (Fsp3) is 0.625. The van der Waals surface area contributed by atoms with Crippen molar-refractivity contribution in [1.29, 1.82) is 0 Å². The van der Waals surface area contributed by atoms with Gasteiger partial charge in [-0.05, 0) is 31.7 Å². The fourth-order valence-electron chi connectivity index (χ4n) is 2.77. The summed E-state index contributed by atoms with van der Waals surface area (Å²) in [6, 6.07) is 1.95. The second kappa shape index (κ2) is 6.35. The number of likely N-dealkylation sites (tertiary alicyclic amines) is 1. The third-order valence-corrected chi connectivity index (χ3v) is 4.57. The normalized spacial score (nSPS) is 18.0. The average molecular weight is 330 g/mol. The molecule has 3 heterocycles. The van der Waals surface area contributed by atoms with E-state index in [0.717, 1.165) is 24.8 Å². The van der Waals surface area contributed by atoms with Crippen LogP contribution in [0.25, 0.3) is 0 Å². The van der Waals surface area contributed by atoms with Crippen molar-refractivity contribution >= 4 is 5.91 Å². The minimum Gasteiger partial charge on any atom is -0.375 e. The molecule has 1 aliphatic carbocycles. The lowest BCUT2D eigenvalue weighted by Gasteiger charge is -2.38. The second-order valence-corrected chi connectivity index (χ2v) is 6.57. The highest BCUT2D eigenvalue weighted by Gasteiger charge is 2.34. The molecule has 1 saturated heterocycles. The van der Waals surface area contributed by atoms with Gasteiger partial charge in [-0.25, -0.2) is 4.68 Å². The summed E-state index contributed by atoms with van der Waals surface area (Å²) in [4.78, 5) is 14.1. The van der Waals surface area contributed by atoms with Gasteiger partial charge in [0.05, 0.1) is 18.8 Å². The van der Waals surface area contributed by atoms with E-state index in [0.29, 0.717) is 25.4 Å². The van der Waals surface area contributed by atoms with E-state index in [9.17, 15) is 4.79 Å². The molecule has 8 heteroatoms. The Morgan fingerprint density at radius 1 is 1.38 bits per heavy atom. The highest BCUT2D eigenvalue weighted by molar-refractivity contribution is 5.92. The standard InChI is InChI=1S/C16H22N6O2/c1-2-21-6-5-15(18-21)16(23)20-8-14(9-20)22-7-13(17-19-22)11-24-10-12-3-4-12/h5-7,12,14H,2-4,8-11H2,1H3. The predicted molar refractivity (Wildman–Crippen MR) is 85.2 cm³/mol. The van der Waals surface area contributed by atoms with Crippen LogP contribution in [0, 0.1) is 5.92 Å². The van der Waals surface area contributed by atoms with Gasteiger partial charge in [-0.15, -0.1) is 5.10 Å². The number of rotatable bonds is 7. The van der Waals surface area contributed by atoms with Crippen molar-refractivity contribution in [3.63, 3.8) is 0 Å². The minimum atomic E-state index is -0.0217. The summed E-state index contributed by atoms with van der Waals surface area (Å²) in [5, 5.41) is 12.6. The summed E-state index contributed by atoms with van der Waals surface area (Å²) < 4.78 is 9.22. The molecule has 1 amide bonds. The van der Waals surface area contributed by atoms with Crippen LogP contribution in [0.5, 0.6) is 0 Å². The largest absolute Gasteiger partial charge is 0.375 e. The SMILES string of the molecule is CCn1ccc(C(=O)N2CC(n3cc(COCC4CC4)nn3)C2)n1. The molecule has 0 bridgehead atoms. The molecule has 0 atom stereocenters. The van der Waals surface area contributed by atoms with Crippen molar-refractivity contribution in [3.05, 3.63) is 29.8 Å². The molecule has 8 nitrogen and oxygen atoms in total. The maximum Gasteiger partial charge on any atom is 0.274 e. The Labute approximate surface area is 140 Å². The number of aromatic nitrogens is 5. The molecule has 0 spiro atoms. The minimum absolute atomic E-state index is 0.0217. The van der Waals surface area contributed by atoms with Crippen molar-refractivity contribution in [2.45, 2.75) is 39.0 Å². The maximum atomic E-state index is 12.3.